The van der Waals surface area contributed by atoms with E-state index in [-0.39, 0.29) is 6.10 Å². The summed E-state index contributed by atoms with van der Waals surface area (Å²) >= 11 is 6.25. The second kappa shape index (κ2) is 9.04. The standard InChI is InChI=1S/C22H25ClN4O3/c1-14-4-5-15(8-18(14)23)26-22-17-9-20(28-3)21(10-19(17)24-13-25-22)30-12-16-11-27(2)6-7-29-16/h4-5,8-10,13,16H,6-7,11-12H2,1-3H3,(H,24,25,26). The van der Waals surface area contributed by atoms with E-state index in [0.717, 1.165) is 35.2 Å². The van der Waals surface area contributed by atoms with Crippen LogP contribution in [0.1, 0.15) is 5.56 Å². The Morgan fingerprint density at radius 2 is 2.10 bits per heavy atom. The van der Waals surface area contributed by atoms with E-state index >= 15 is 0 Å². The molecule has 0 spiro atoms. The van der Waals surface area contributed by atoms with Crippen molar-refractivity contribution in [3.8, 4) is 11.5 Å². The number of benzene rings is 2. The Balaban J connectivity index is 1.59. The predicted octanol–water partition coefficient (Wildman–Crippen LogP) is 4.05. The first kappa shape index (κ1) is 20.7. The van der Waals surface area contributed by atoms with Crippen LogP contribution < -0.4 is 14.8 Å². The molecule has 4 rings (SSSR count). The SMILES string of the molecule is COc1cc2c(Nc3ccc(C)c(Cl)c3)ncnc2cc1OCC1CN(C)CCO1. The molecule has 1 saturated heterocycles. The lowest BCUT2D eigenvalue weighted by Gasteiger charge is -2.30. The van der Waals surface area contributed by atoms with Crippen LogP contribution in [0.5, 0.6) is 11.5 Å². The van der Waals surface area contributed by atoms with E-state index in [0.29, 0.717) is 35.6 Å². The van der Waals surface area contributed by atoms with E-state index in [1.165, 1.54) is 6.33 Å². The first-order valence-corrected chi connectivity index (χ1v) is 10.2. The number of rotatable bonds is 6. The van der Waals surface area contributed by atoms with Crippen LogP contribution in [0.4, 0.5) is 11.5 Å². The maximum Gasteiger partial charge on any atom is 0.163 e. The van der Waals surface area contributed by atoms with Crippen molar-refractivity contribution in [3.05, 3.63) is 47.2 Å². The molecule has 3 aromatic rings. The van der Waals surface area contributed by atoms with Crippen molar-refractivity contribution in [2.45, 2.75) is 13.0 Å². The monoisotopic (exact) mass is 428 g/mol. The Labute approximate surface area is 180 Å². The minimum atomic E-state index is 0.0260. The second-order valence-corrected chi connectivity index (χ2v) is 7.80. The zero-order valence-electron chi connectivity index (χ0n) is 17.3. The van der Waals surface area contributed by atoms with Crippen molar-refractivity contribution in [3.63, 3.8) is 0 Å². The van der Waals surface area contributed by atoms with Crippen LogP contribution in [0.25, 0.3) is 10.9 Å². The molecule has 1 aliphatic heterocycles. The van der Waals surface area contributed by atoms with E-state index in [1.807, 2.05) is 37.3 Å². The first-order chi connectivity index (χ1) is 14.5. The molecule has 8 heteroatoms. The quantitative estimate of drug-likeness (QED) is 0.635. The van der Waals surface area contributed by atoms with Gasteiger partial charge in [0.15, 0.2) is 11.5 Å². The van der Waals surface area contributed by atoms with Crippen molar-refractivity contribution in [2.24, 2.45) is 0 Å². The van der Waals surface area contributed by atoms with Crippen LogP contribution in [0, 0.1) is 6.92 Å². The number of ether oxygens (including phenoxy) is 3. The van der Waals surface area contributed by atoms with Crippen molar-refractivity contribution in [1.29, 1.82) is 0 Å². The van der Waals surface area contributed by atoms with E-state index < -0.39 is 0 Å². The van der Waals surface area contributed by atoms with Gasteiger partial charge in [0.05, 0.1) is 19.2 Å². The number of nitrogens with zero attached hydrogens (tertiary/aromatic N) is 3. The number of fused-ring (bicyclic) bond motifs is 1. The smallest absolute Gasteiger partial charge is 0.163 e. The van der Waals surface area contributed by atoms with Gasteiger partial charge in [-0.15, -0.1) is 0 Å². The molecule has 1 aliphatic rings. The number of nitrogens with one attached hydrogen (secondary N) is 1. The summed E-state index contributed by atoms with van der Waals surface area (Å²) in [6.07, 6.45) is 1.55. The van der Waals surface area contributed by atoms with Crippen LogP contribution in [0.15, 0.2) is 36.7 Å². The summed E-state index contributed by atoms with van der Waals surface area (Å²) in [4.78, 5) is 11.0. The van der Waals surface area contributed by atoms with Gasteiger partial charge in [-0.2, -0.15) is 0 Å². The zero-order chi connectivity index (χ0) is 21.1. The van der Waals surface area contributed by atoms with Gasteiger partial charge in [-0.05, 0) is 37.7 Å². The molecule has 1 atom stereocenters. The van der Waals surface area contributed by atoms with Gasteiger partial charge in [-0.25, -0.2) is 9.97 Å². The number of hydrogen-bond donors (Lipinski definition) is 1. The average molecular weight is 429 g/mol. The Morgan fingerprint density at radius 1 is 1.23 bits per heavy atom. The van der Waals surface area contributed by atoms with E-state index in [2.05, 4.69) is 27.2 Å². The van der Waals surface area contributed by atoms with Crippen LogP contribution in [0.3, 0.4) is 0 Å². The van der Waals surface area contributed by atoms with Gasteiger partial charge >= 0.3 is 0 Å². The highest BCUT2D eigenvalue weighted by Gasteiger charge is 2.20. The first-order valence-electron chi connectivity index (χ1n) is 9.82. The van der Waals surface area contributed by atoms with Crippen molar-refractivity contribution in [1.82, 2.24) is 14.9 Å². The summed E-state index contributed by atoms with van der Waals surface area (Å²) in [5, 5.41) is 4.84. The Hall–Kier alpha value is -2.61. The van der Waals surface area contributed by atoms with Gasteiger partial charge < -0.3 is 24.4 Å². The number of likely N-dealkylation sites (N-methyl/N-ethyl adjacent to an activating group) is 1. The number of methoxy groups -OCH3 is 1. The molecular weight excluding hydrogens is 404 g/mol. The van der Waals surface area contributed by atoms with Gasteiger partial charge in [0.2, 0.25) is 0 Å². The molecule has 0 radical (unpaired) electrons. The lowest BCUT2D eigenvalue weighted by molar-refractivity contribution is -0.0406. The summed E-state index contributed by atoms with van der Waals surface area (Å²) in [7, 11) is 3.70. The average Bonchev–Trinajstić information content (AvgIpc) is 2.74. The number of halogens is 1. The maximum atomic E-state index is 6.25. The molecular formula is C22H25ClN4O3. The number of anilines is 2. The summed E-state index contributed by atoms with van der Waals surface area (Å²) in [5.74, 6) is 1.92. The van der Waals surface area contributed by atoms with Crippen molar-refractivity contribution in [2.75, 3.05) is 45.8 Å². The summed E-state index contributed by atoms with van der Waals surface area (Å²) in [6.45, 7) is 4.91. The summed E-state index contributed by atoms with van der Waals surface area (Å²) in [6, 6.07) is 9.56. The fourth-order valence-corrected chi connectivity index (χ4v) is 3.57. The number of morpholine rings is 1. The normalized spacial score (nSPS) is 17.1. The topological polar surface area (TPSA) is 68.7 Å². The van der Waals surface area contributed by atoms with E-state index in [4.69, 9.17) is 25.8 Å². The zero-order valence-corrected chi connectivity index (χ0v) is 18.1. The third kappa shape index (κ3) is 4.59. The van der Waals surface area contributed by atoms with Crippen LogP contribution >= 0.6 is 11.6 Å². The van der Waals surface area contributed by atoms with Gasteiger partial charge in [-0.1, -0.05) is 17.7 Å². The van der Waals surface area contributed by atoms with Crippen molar-refractivity contribution >= 4 is 34.0 Å². The molecule has 158 valence electrons. The fourth-order valence-electron chi connectivity index (χ4n) is 3.39. The molecule has 1 N–H and O–H groups in total. The van der Waals surface area contributed by atoms with Crippen LogP contribution in [-0.2, 0) is 4.74 Å². The van der Waals surface area contributed by atoms with E-state index in [1.54, 1.807) is 7.11 Å². The van der Waals surface area contributed by atoms with E-state index in [9.17, 15) is 0 Å². The minimum absolute atomic E-state index is 0.0260. The molecule has 0 saturated carbocycles. The largest absolute Gasteiger partial charge is 0.493 e. The predicted molar refractivity (Wildman–Crippen MR) is 118 cm³/mol. The second-order valence-electron chi connectivity index (χ2n) is 7.40. The van der Waals surface area contributed by atoms with Gasteiger partial charge in [0.25, 0.3) is 0 Å². The lowest BCUT2D eigenvalue weighted by atomic mass is 10.2. The summed E-state index contributed by atoms with van der Waals surface area (Å²) < 4.78 is 17.4. The molecule has 1 aromatic heterocycles. The highest BCUT2D eigenvalue weighted by molar-refractivity contribution is 6.31. The lowest BCUT2D eigenvalue weighted by Crippen LogP contribution is -2.42. The highest BCUT2D eigenvalue weighted by atomic mass is 35.5. The summed E-state index contributed by atoms with van der Waals surface area (Å²) in [5.41, 5.74) is 2.62. The third-order valence-electron chi connectivity index (χ3n) is 5.12. The van der Waals surface area contributed by atoms with Crippen molar-refractivity contribution < 1.29 is 14.2 Å². The minimum Gasteiger partial charge on any atom is -0.493 e. The number of aromatic nitrogens is 2. The number of hydrogen-bond acceptors (Lipinski definition) is 7. The Kier molecular flexibility index (Phi) is 6.22. The Morgan fingerprint density at radius 3 is 2.87 bits per heavy atom. The van der Waals surface area contributed by atoms with Gasteiger partial charge in [0, 0.05) is 35.3 Å². The molecule has 2 aromatic carbocycles. The molecule has 7 nitrogen and oxygen atoms in total. The third-order valence-corrected chi connectivity index (χ3v) is 5.53. The Bertz CT molecular complexity index is 1050. The molecule has 2 heterocycles. The molecule has 0 amide bonds. The molecule has 30 heavy (non-hydrogen) atoms. The van der Waals surface area contributed by atoms with Gasteiger partial charge in [-0.3, -0.25) is 0 Å². The molecule has 1 fully saturated rings. The molecule has 1 unspecified atom stereocenters. The fraction of sp³-hybridized carbons (Fsp3) is 0.364. The van der Waals surface area contributed by atoms with Gasteiger partial charge in [0.1, 0.15) is 24.9 Å². The number of aryl methyl sites for hydroxylation is 1. The molecule has 0 bridgehead atoms. The van der Waals surface area contributed by atoms with Crippen LogP contribution in [-0.4, -0.2) is 61.4 Å². The maximum absolute atomic E-state index is 6.25. The highest BCUT2D eigenvalue weighted by Crippen LogP contribution is 2.35. The molecule has 0 aliphatic carbocycles. The van der Waals surface area contributed by atoms with Crippen LogP contribution in [0.2, 0.25) is 5.02 Å².